The molecule has 2 heterocycles. The molecule has 0 atom stereocenters. The third-order valence-corrected chi connectivity index (χ3v) is 8.70. The summed E-state index contributed by atoms with van der Waals surface area (Å²) in [6, 6.07) is 15.2. The molecule has 0 bridgehead atoms. The van der Waals surface area contributed by atoms with E-state index in [0.717, 1.165) is 66.2 Å². The maximum Gasteiger partial charge on any atom is 0.332 e. The summed E-state index contributed by atoms with van der Waals surface area (Å²) in [5.41, 5.74) is 3.95. The zero-order chi connectivity index (χ0) is 28.0. The highest BCUT2D eigenvalue weighted by Gasteiger charge is 2.25. The maximum absolute atomic E-state index is 14.1. The molecule has 0 aliphatic heterocycles. The van der Waals surface area contributed by atoms with Crippen LogP contribution in [-0.2, 0) is 10.2 Å². The number of hydrogen-bond donors (Lipinski definition) is 1. The number of nitrogens with one attached hydrogen (secondary N) is 1. The number of benzene rings is 3. The topological polar surface area (TPSA) is 81.2 Å². The highest BCUT2D eigenvalue weighted by Crippen LogP contribution is 2.40. The monoisotopic (exact) mass is 556 g/mol. The minimum Gasteiger partial charge on any atom is -0.493 e. The van der Waals surface area contributed by atoms with Gasteiger partial charge in [-0.1, -0.05) is 50.3 Å². The number of rotatable bonds is 7. The predicted molar refractivity (Wildman–Crippen MR) is 157 cm³/mol. The van der Waals surface area contributed by atoms with Gasteiger partial charge in [0.1, 0.15) is 11.4 Å². The zero-order valence-electron chi connectivity index (χ0n) is 22.2. The number of nitrogens with zero attached hydrogens (tertiary/aromatic N) is 1. The third kappa shape index (κ3) is 4.44. The highest BCUT2D eigenvalue weighted by atomic mass is 32.3. The minimum absolute atomic E-state index is 0.120. The van der Waals surface area contributed by atoms with Gasteiger partial charge in [0.15, 0.2) is 5.43 Å². The van der Waals surface area contributed by atoms with Crippen LogP contribution in [0.1, 0.15) is 57.1 Å². The van der Waals surface area contributed by atoms with E-state index in [1.165, 1.54) is 18.2 Å². The largest absolute Gasteiger partial charge is 0.493 e. The Labute approximate surface area is 232 Å². The van der Waals surface area contributed by atoms with Crippen molar-refractivity contribution < 1.29 is 17.0 Å². The van der Waals surface area contributed by atoms with Gasteiger partial charge in [0.25, 0.3) is 0 Å². The lowest BCUT2D eigenvalue weighted by Gasteiger charge is -2.21. The van der Waals surface area contributed by atoms with E-state index in [9.17, 15) is 17.1 Å². The molecule has 8 heteroatoms. The number of aromatic nitrogens is 2. The number of aromatic amines is 1. The van der Waals surface area contributed by atoms with Crippen LogP contribution >= 0.6 is 0 Å². The number of unbranched alkanes of at least 4 members (excludes halogenated alkanes) is 1. The average Bonchev–Trinajstić information content (AvgIpc) is 3.61. The smallest absolute Gasteiger partial charge is 0.332 e. The van der Waals surface area contributed by atoms with E-state index in [4.69, 9.17) is 11.2 Å². The molecular weight excluding hydrogens is 527 g/mol. The van der Waals surface area contributed by atoms with E-state index >= 15 is 0 Å². The summed E-state index contributed by atoms with van der Waals surface area (Å²) in [6.45, 7) is 2.48. The van der Waals surface area contributed by atoms with Crippen LogP contribution in [0.2, 0.25) is 0 Å². The number of ether oxygens (including phenoxy) is 1. The Bertz CT molecular complexity index is 1990. The molecule has 0 unspecified atom stereocenters. The van der Waals surface area contributed by atoms with Gasteiger partial charge in [0.2, 0.25) is 0 Å². The minimum atomic E-state index is -4.90. The van der Waals surface area contributed by atoms with Gasteiger partial charge in [-0.15, -0.1) is 10.3 Å². The molecule has 1 fully saturated rings. The van der Waals surface area contributed by atoms with Crippen LogP contribution in [0.25, 0.3) is 44.0 Å². The second-order valence-corrected chi connectivity index (χ2v) is 11.8. The van der Waals surface area contributed by atoms with Gasteiger partial charge in [0.05, 0.1) is 27.8 Å². The Morgan fingerprint density at radius 1 is 1.10 bits per heavy atom. The summed E-state index contributed by atoms with van der Waals surface area (Å²) in [6.07, 6.45) is 11.5. The number of fused-ring (bicyclic) bond motifs is 4. The first kappa shape index (κ1) is 26.1. The van der Waals surface area contributed by atoms with E-state index in [2.05, 4.69) is 22.4 Å². The molecule has 3 aromatic carbocycles. The predicted octanol–water partition coefficient (Wildman–Crippen LogP) is 7.24. The molecule has 5 aromatic rings. The van der Waals surface area contributed by atoms with E-state index in [-0.39, 0.29) is 11.5 Å². The number of halogens is 1. The van der Waals surface area contributed by atoms with Crippen LogP contribution < -0.4 is 10.2 Å². The van der Waals surface area contributed by atoms with Crippen molar-refractivity contribution in [2.45, 2.75) is 56.4 Å². The summed E-state index contributed by atoms with van der Waals surface area (Å²) in [7, 11) is -4.90. The van der Waals surface area contributed by atoms with Crippen molar-refractivity contribution in [3.8, 4) is 29.2 Å². The lowest BCUT2D eigenvalue weighted by molar-refractivity contribution is 0.311. The van der Waals surface area contributed by atoms with Crippen molar-refractivity contribution in [2.75, 3.05) is 6.61 Å². The van der Waals surface area contributed by atoms with Crippen LogP contribution in [0.5, 0.6) is 5.75 Å². The van der Waals surface area contributed by atoms with E-state index < -0.39 is 15.1 Å². The van der Waals surface area contributed by atoms with Gasteiger partial charge >= 0.3 is 10.2 Å². The van der Waals surface area contributed by atoms with Crippen molar-refractivity contribution in [3.05, 3.63) is 70.4 Å². The molecule has 0 amide bonds. The van der Waals surface area contributed by atoms with Crippen LogP contribution in [0.4, 0.5) is 3.89 Å². The molecular formula is C32H29FN2O4S. The Balaban J connectivity index is 1.71. The summed E-state index contributed by atoms with van der Waals surface area (Å²) < 4.78 is 45.8. The van der Waals surface area contributed by atoms with Gasteiger partial charge in [-0.2, -0.15) is 8.42 Å². The van der Waals surface area contributed by atoms with E-state index in [0.29, 0.717) is 34.3 Å². The SMILES string of the molecule is C#Cc1ccc2c(c1)[nH]c1c2c(=O)c2cc(OCCCC)c(-c3cccc(S(=O)(=O)F)c3)cc2n1C1CCCC1. The third-order valence-electron chi connectivity index (χ3n) is 7.89. The molecule has 0 radical (unpaired) electrons. The van der Waals surface area contributed by atoms with Gasteiger partial charge < -0.3 is 14.3 Å². The van der Waals surface area contributed by atoms with Crippen LogP contribution in [0.3, 0.4) is 0 Å². The molecule has 1 aliphatic rings. The van der Waals surface area contributed by atoms with Crippen molar-refractivity contribution in [2.24, 2.45) is 0 Å². The molecule has 6 nitrogen and oxygen atoms in total. The molecule has 204 valence electrons. The molecule has 2 aromatic heterocycles. The standard InChI is InChI=1S/C32H29FN2O4S/c1-3-5-15-39-29-19-26-28(18-25(29)21-9-8-12-23(17-21)40(33,37)38)35(22-10-6-7-11-22)32-30(31(26)36)24-14-13-20(4-2)16-27(24)34-32/h2,8-9,12-14,16-19,22,34H,3,5-7,10-11,15H2,1H3. The highest BCUT2D eigenvalue weighted by molar-refractivity contribution is 7.86. The Morgan fingerprint density at radius 2 is 1.90 bits per heavy atom. The maximum atomic E-state index is 14.1. The van der Waals surface area contributed by atoms with Gasteiger partial charge in [-0.3, -0.25) is 4.79 Å². The van der Waals surface area contributed by atoms with E-state index in [1.807, 2.05) is 24.3 Å². The lowest BCUT2D eigenvalue weighted by atomic mass is 10.00. The number of hydrogen-bond acceptors (Lipinski definition) is 4. The van der Waals surface area contributed by atoms with Crippen LogP contribution in [0, 0.1) is 12.3 Å². The van der Waals surface area contributed by atoms with Crippen molar-refractivity contribution in [1.29, 1.82) is 0 Å². The summed E-state index contributed by atoms with van der Waals surface area (Å²) in [5.74, 6) is 3.12. The Morgan fingerprint density at radius 3 is 2.62 bits per heavy atom. The van der Waals surface area contributed by atoms with Crippen LogP contribution in [0.15, 0.2) is 64.3 Å². The fraction of sp³-hybridized carbons (Fsp3) is 0.281. The number of H-pyrrole nitrogens is 1. The first-order chi connectivity index (χ1) is 19.3. The fourth-order valence-corrected chi connectivity index (χ4v) is 6.43. The Hall–Kier alpha value is -4.09. The molecule has 6 rings (SSSR count). The second-order valence-electron chi connectivity index (χ2n) is 10.4. The van der Waals surface area contributed by atoms with Crippen molar-refractivity contribution in [3.63, 3.8) is 0 Å². The molecule has 1 aliphatic carbocycles. The molecule has 1 N–H and O–H groups in total. The first-order valence-corrected chi connectivity index (χ1v) is 15.0. The number of terminal acetylenes is 1. The molecule has 0 spiro atoms. The van der Waals surface area contributed by atoms with Gasteiger partial charge in [-0.05, 0) is 61.2 Å². The fourth-order valence-electron chi connectivity index (χ4n) is 5.92. The van der Waals surface area contributed by atoms with Crippen molar-refractivity contribution >= 4 is 43.1 Å². The molecule has 40 heavy (non-hydrogen) atoms. The zero-order valence-corrected chi connectivity index (χ0v) is 23.0. The normalized spacial score (nSPS) is 14.3. The van der Waals surface area contributed by atoms with Crippen LogP contribution in [-0.4, -0.2) is 24.6 Å². The van der Waals surface area contributed by atoms with Gasteiger partial charge in [-0.25, -0.2) is 0 Å². The average molecular weight is 557 g/mol. The van der Waals surface area contributed by atoms with Gasteiger partial charge in [0, 0.05) is 28.1 Å². The molecule has 0 saturated heterocycles. The van der Waals surface area contributed by atoms with E-state index in [1.54, 1.807) is 12.1 Å². The quantitative estimate of drug-likeness (QED) is 0.130. The Kier molecular flexibility index (Phi) is 6.63. The summed E-state index contributed by atoms with van der Waals surface area (Å²) >= 11 is 0. The first-order valence-electron chi connectivity index (χ1n) is 13.6. The van der Waals surface area contributed by atoms with Crippen molar-refractivity contribution in [1.82, 2.24) is 9.55 Å². The summed E-state index contributed by atoms with van der Waals surface area (Å²) in [5, 5.41) is 1.94. The molecule has 1 saturated carbocycles. The second kappa shape index (κ2) is 10.1. The summed E-state index contributed by atoms with van der Waals surface area (Å²) in [4.78, 5) is 17.2. The lowest BCUT2D eigenvalue weighted by Crippen LogP contribution is -2.15. The number of pyridine rings is 1.